The molecule has 2 fully saturated rings. The molecular formula is C19H26N2O3. The standard InChI is InChI=1S/C19H26N2O3/c1-14(22)20-18-4-2-15(3-5-18)12-19(23)21-9-6-17(13-21)16-7-10-24-11-8-16/h2-5,16-17H,6-13H2,1H3,(H,20,22)/t17-/m0/s1. The van der Waals surface area contributed by atoms with Crippen LogP contribution < -0.4 is 5.32 Å². The van der Waals surface area contributed by atoms with Gasteiger partial charge in [0.05, 0.1) is 6.42 Å². The lowest BCUT2D eigenvalue weighted by molar-refractivity contribution is -0.129. The summed E-state index contributed by atoms with van der Waals surface area (Å²) in [7, 11) is 0. The number of anilines is 1. The molecule has 0 bridgehead atoms. The SMILES string of the molecule is CC(=O)Nc1ccc(CC(=O)N2CC[C@H](C3CCOCC3)C2)cc1. The van der Waals surface area contributed by atoms with Gasteiger partial charge in [0, 0.05) is 38.9 Å². The number of nitrogens with zero attached hydrogens (tertiary/aromatic N) is 1. The van der Waals surface area contributed by atoms with Gasteiger partial charge in [-0.05, 0) is 48.8 Å². The largest absolute Gasteiger partial charge is 0.381 e. The van der Waals surface area contributed by atoms with E-state index in [9.17, 15) is 9.59 Å². The smallest absolute Gasteiger partial charge is 0.226 e. The molecule has 24 heavy (non-hydrogen) atoms. The van der Waals surface area contributed by atoms with Crippen LogP contribution in [0, 0.1) is 11.8 Å². The van der Waals surface area contributed by atoms with Crippen molar-refractivity contribution >= 4 is 17.5 Å². The number of hydrogen-bond acceptors (Lipinski definition) is 3. The van der Waals surface area contributed by atoms with Crippen molar-refractivity contribution in [1.29, 1.82) is 0 Å². The fraction of sp³-hybridized carbons (Fsp3) is 0.579. The summed E-state index contributed by atoms with van der Waals surface area (Å²) in [6, 6.07) is 7.52. The summed E-state index contributed by atoms with van der Waals surface area (Å²) in [5.41, 5.74) is 1.75. The molecular weight excluding hydrogens is 304 g/mol. The number of carbonyl (C=O) groups excluding carboxylic acids is 2. The van der Waals surface area contributed by atoms with E-state index in [2.05, 4.69) is 5.32 Å². The van der Waals surface area contributed by atoms with Crippen LogP contribution in [0.4, 0.5) is 5.69 Å². The molecule has 2 amide bonds. The number of ether oxygens (including phenoxy) is 1. The van der Waals surface area contributed by atoms with E-state index >= 15 is 0 Å². The Labute approximate surface area is 143 Å². The van der Waals surface area contributed by atoms with Gasteiger partial charge in [-0.3, -0.25) is 9.59 Å². The van der Waals surface area contributed by atoms with Gasteiger partial charge in [0.2, 0.25) is 11.8 Å². The first-order chi connectivity index (χ1) is 11.6. The van der Waals surface area contributed by atoms with Crippen molar-refractivity contribution < 1.29 is 14.3 Å². The van der Waals surface area contributed by atoms with Crippen LogP contribution in [0.5, 0.6) is 0 Å². The molecule has 5 nitrogen and oxygen atoms in total. The van der Waals surface area contributed by atoms with Crippen LogP contribution in [0.15, 0.2) is 24.3 Å². The highest BCUT2D eigenvalue weighted by Crippen LogP contribution is 2.31. The minimum atomic E-state index is -0.0879. The van der Waals surface area contributed by atoms with Gasteiger partial charge in [-0.1, -0.05) is 12.1 Å². The molecule has 5 heteroatoms. The Morgan fingerprint density at radius 1 is 1.12 bits per heavy atom. The van der Waals surface area contributed by atoms with Gasteiger partial charge in [0.25, 0.3) is 0 Å². The molecule has 0 spiro atoms. The number of likely N-dealkylation sites (tertiary alicyclic amines) is 1. The maximum atomic E-state index is 12.5. The Morgan fingerprint density at radius 3 is 2.50 bits per heavy atom. The highest BCUT2D eigenvalue weighted by molar-refractivity contribution is 5.88. The number of hydrogen-bond donors (Lipinski definition) is 1. The molecule has 1 N–H and O–H groups in total. The van der Waals surface area contributed by atoms with Gasteiger partial charge in [-0.2, -0.15) is 0 Å². The lowest BCUT2D eigenvalue weighted by Crippen LogP contribution is -2.32. The van der Waals surface area contributed by atoms with Crippen molar-refractivity contribution in [3.8, 4) is 0 Å². The third-order valence-corrected chi connectivity index (χ3v) is 5.14. The maximum Gasteiger partial charge on any atom is 0.226 e. The first kappa shape index (κ1) is 17.0. The highest BCUT2D eigenvalue weighted by Gasteiger charge is 2.32. The number of carbonyl (C=O) groups is 2. The fourth-order valence-electron chi connectivity index (χ4n) is 3.78. The van der Waals surface area contributed by atoms with Crippen molar-refractivity contribution in [2.45, 2.75) is 32.6 Å². The normalized spacial score (nSPS) is 21.7. The minimum Gasteiger partial charge on any atom is -0.381 e. The second-order valence-corrected chi connectivity index (χ2v) is 6.89. The monoisotopic (exact) mass is 330 g/mol. The zero-order chi connectivity index (χ0) is 16.9. The molecule has 1 aromatic carbocycles. The van der Waals surface area contributed by atoms with Crippen LogP contribution in [0.1, 0.15) is 31.7 Å². The summed E-state index contributed by atoms with van der Waals surface area (Å²) in [6.45, 7) is 5.00. The van der Waals surface area contributed by atoms with Crippen molar-refractivity contribution in [3.63, 3.8) is 0 Å². The molecule has 0 saturated carbocycles. The Kier molecular flexibility index (Phi) is 5.51. The molecule has 0 aromatic heterocycles. The summed E-state index contributed by atoms with van der Waals surface area (Å²) in [4.78, 5) is 25.6. The van der Waals surface area contributed by atoms with E-state index in [1.54, 1.807) is 0 Å². The first-order valence-electron chi connectivity index (χ1n) is 8.84. The lowest BCUT2D eigenvalue weighted by atomic mass is 9.85. The molecule has 0 unspecified atom stereocenters. The molecule has 1 aromatic rings. The molecule has 0 radical (unpaired) electrons. The predicted octanol–water partition coefficient (Wildman–Crippen LogP) is 2.46. The molecule has 2 saturated heterocycles. The molecule has 2 aliphatic heterocycles. The van der Waals surface area contributed by atoms with Crippen LogP contribution in [-0.4, -0.2) is 43.0 Å². The van der Waals surface area contributed by atoms with Gasteiger partial charge in [-0.15, -0.1) is 0 Å². The van der Waals surface area contributed by atoms with E-state index in [1.165, 1.54) is 6.92 Å². The first-order valence-corrected chi connectivity index (χ1v) is 8.84. The number of benzene rings is 1. The summed E-state index contributed by atoms with van der Waals surface area (Å²) >= 11 is 0. The quantitative estimate of drug-likeness (QED) is 0.922. The van der Waals surface area contributed by atoms with Crippen molar-refractivity contribution in [1.82, 2.24) is 4.90 Å². The zero-order valence-electron chi connectivity index (χ0n) is 14.3. The van der Waals surface area contributed by atoms with E-state index in [0.717, 1.165) is 56.8 Å². The average molecular weight is 330 g/mol. The van der Waals surface area contributed by atoms with Crippen molar-refractivity contribution in [2.75, 3.05) is 31.6 Å². The van der Waals surface area contributed by atoms with E-state index in [4.69, 9.17) is 4.74 Å². The molecule has 130 valence electrons. The van der Waals surface area contributed by atoms with Gasteiger partial charge in [0.15, 0.2) is 0 Å². The third-order valence-electron chi connectivity index (χ3n) is 5.14. The van der Waals surface area contributed by atoms with Crippen molar-refractivity contribution in [2.24, 2.45) is 11.8 Å². The Balaban J connectivity index is 1.51. The van der Waals surface area contributed by atoms with Gasteiger partial charge in [0.1, 0.15) is 0 Å². The second-order valence-electron chi connectivity index (χ2n) is 6.89. The summed E-state index contributed by atoms with van der Waals surface area (Å²) in [6.07, 6.45) is 3.83. The summed E-state index contributed by atoms with van der Waals surface area (Å²) in [5, 5.41) is 2.74. The average Bonchev–Trinajstić information content (AvgIpc) is 3.07. The topological polar surface area (TPSA) is 58.6 Å². The third kappa shape index (κ3) is 4.35. The van der Waals surface area contributed by atoms with Crippen LogP contribution in [0.2, 0.25) is 0 Å². The highest BCUT2D eigenvalue weighted by atomic mass is 16.5. The van der Waals surface area contributed by atoms with Crippen LogP contribution in [0.3, 0.4) is 0 Å². The number of nitrogens with one attached hydrogen (secondary N) is 1. The lowest BCUT2D eigenvalue weighted by Gasteiger charge is -2.27. The van der Waals surface area contributed by atoms with Crippen LogP contribution in [0.25, 0.3) is 0 Å². The van der Waals surface area contributed by atoms with Crippen LogP contribution >= 0.6 is 0 Å². The van der Waals surface area contributed by atoms with Crippen molar-refractivity contribution in [3.05, 3.63) is 29.8 Å². The van der Waals surface area contributed by atoms with E-state index < -0.39 is 0 Å². The molecule has 2 heterocycles. The van der Waals surface area contributed by atoms with Gasteiger partial charge < -0.3 is 15.0 Å². The Morgan fingerprint density at radius 2 is 1.83 bits per heavy atom. The molecule has 3 rings (SSSR count). The van der Waals surface area contributed by atoms with E-state index in [1.807, 2.05) is 29.2 Å². The molecule has 2 aliphatic rings. The van der Waals surface area contributed by atoms with E-state index in [0.29, 0.717) is 18.3 Å². The molecule has 0 aliphatic carbocycles. The zero-order valence-corrected chi connectivity index (χ0v) is 14.3. The maximum absolute atomic E-state index is 12.5. The van der Waals surface area contributed by atoms with Gasteiger partial charge in [-0.25, -0.2) is 0 Å². The van der Waals surface area contributed by atoms with E-state index in [-0.39, 0.29) is 11.8 Å². The number of amides is 2. The fourth-order valence-corrected chi connectivity index (χ4v) is 3.78. The summed E-state index contributed by atoms with van der Waals surface area (Å²) in [5.74, 6) is 1.47. The minimum absolute atomic E-state index is 0.0879. The Hall–Kier alpha value is -1.88. The van der Waals surface area contributed by atoms with Crippen LogP contribution in [-0.2, 0) is 20.7 Å². The summed E-state index contributed by atoms with van der Waals surface area (Å²) < 4.78 is 5.44. The molecule has 1 atom stereocenters. The second kappa shape index (κ2) is 7.79. The van der Waals surface area contributed by atoms with Gasteiger partial charge >= 0.3 is 0 Å². The predicted molar refractivity (Wildman–Crippen MR) is 92.7 cm³/mol. The number of rotatable bonds is 4. The Bertz CT molecular complexity index is 579.